The molecule has 0 aliphatic heterocycles. The molecule has 25 heavy (non-hydrogen) atoms. The summed E-state index contributed by atoms with van der Waals surface area (Å²) >= 11 is 0. The first-order chi connectivity index (χ1) is 12.1. The summed E-state index contributed by atoms with van der Waals surface area (Å²) in [4.78, 5) is 36.5. The zero-order chi connectivity index (χ0) is 17.8. The van der Waals surface area contributed by atoms with Gasteiger partial charge in [0, 0.05) is 13.5 Å². The second-order valence-corrected chi connectivity index (χ2v) is 6.35. The summed E-state index contributed by atoms with van der Waals surface area (Å²) in [6.45, 7) is 4.16. The fraction of sp³-hybridized carbons (Fsp3) is 0.588. The quantitative estimate of drug-likeness (QED) is 0.836. The largest absolute Gasteiger partial charge is 0.450 e. The van der Waals surface area contributed by atoms with Crippen LogP contribution in [0.2, 0.25) is 0 Å². The van der Waals surface area contributed by atoms with Crippen molar-refractivity contribution < 1.29 is 14.3 Å². The maximum Gasteiger partial charge on any atom is 0.413 e. The van der Waals surface area contributed by atoms with E-state index in [2.05, 4.69) is 20.3 Å². The van der Waals surface area contributed by atoms with Gasteiger partial charge in [-0.15, -0.1) is 0 Å². The molecule has 1 N–H and O–H groups in total. The number of rotatable bonds is 5. The number of ketones is 1. The Morgan fingerprint density at radius 3 is 2.72 bits per heavy atom. The average molecular weight is 345 g/mol. The van der Waals surface area contributed by atoms with Gasteiger partial charge in [0.25, 0.3) is 0 Å². The van der Waals surface area contributed by atoms with Gasteiger partial charge in [-0.25, -0.2) is 14.8 Å². The van der Waals surface area contributed by atoms with Crippen LogP contribution in [0.5, 0.6) is 0 Å². The van der Waals surface area contributed by atoms with Crippen LogP contribution in [-0.2, 0) is 11.3 Å². The molecule has 0 atom stereocenters. The van der Waals surface area contributed by atoms with Crippen LogP contribution in [0.1, 0.15) is 56.4 Å². The summed E-state index contributed by atoms with van der Waals surface area (Å²) in [5, 5.41) is 2.66. The van der Waals surface area contributed by atoms with Crippen LogP contribution in [0.3, 0.4) is 0 Å². The van der Waals surface area contributed by atoms with Gasteiger partial charge in [0.05, 0.1) is 12.8 Å². The Balaban J connectivity index is 1.98. The summed E-state index contributed by atoms with van der Waals surface area (Å²) in [6, 6.07) is 0. The Kier molecular flexibility index (Phi) is 5.25. The average Bonchev–Trinajstić information content (AvgIpc) is 2.92. The number of anilines is 1. The van der Waals surface area contributed by atoms with Crippen LogP contribution in [0, 0.1) is 5.92 Å². The number of imidazole rings is 1. The second kappa shape index (κ2) is 7.58. The number of nitrogens with zero attached hydrogens (tertiary/aromatic N) is 4. The Bertz CT molecular complexity index is 780. The number of carbonyl (C=O) groups excluding carboxylic acids is 2. The summed E-state index contributed by atoms with van der Waals surface area (Å²) in [5.74, 6) is 0.705. The van der Waals surface area contributed by atoms with Crippen molar-refractivity contribution in [2.75, 3.05) is 11.9 Å². The normalized spacial score (nSPS) is 15.3. The lowest BCUT2D eigenvalue weighted by atomic mass is 9.89. The lowest BCUT2D eigenvalue weighted by Gasteiger charge is -2.22. The van der Waals surface area contributed by atoms with Crippen molar-refractivity contribution in [1.29, 1.82) is 0 Å². The molecule has 3 rings (SSSR count). The monoisotopic (exact) mass is 345 g/mol. The van der Waals surface area contributed by atoms with Gasteiger partial charge in [-0.1, -0.05) is 19.3 Å². The first-order valence-electron chi connectivity index (χ1n) is 8.76. The molecule has 8 nitrogen and oxygen atoms in total. The lowest BCUT2D eigenvalue weighted by Crippen LogP contribution is -2.20. The fourth-order valence-corrected chi connectivity index (χ4v) is 3.22. The molecule has 1 fully saturated rings. The molecule has 1 aliphatic rings. The first-order valence-corrected chi connectivity index (χ1v) is 8.76. The van der Waals surface area contributed by atoms with E-state index in [0.29, 0.717) is 35.4 Å². The number of amides is 1. The third-order valence-corrected chi connectivity index (χ3v) is 4.47. The van der Waals surface area contributed by atoms with Crippen molar-refractivity contribution in [3.63, 3.8) is 0 Å². The molecular weight excluding hydrogens is 322 g/mol. The fourth-order valence-electron chi connectivity index (χ4n) is 3.22. The van der Waals surface area contributed by atoms with Crippen molar-refractivity contribution >= 4 is 29.1 Å². The molecule has 1 saturated carbocycles. The number of nitrogens with one attached hydrogen (secondary N) is 1. The SMILES string of the molecule is CCOC(=O)Nc1nc2ncc(C(C)=O)nc2n1CC1CCCCC1. The van der Waals surface area contributed by atoms with Crippen LogP contribution in [0.15, 0.2) is 6.20 Å². The molecule has 134 valence electrons. The molecule has 2 aromatic rings. The van der Waals surface area contributed by atoms with Crippen LogP contribution >= 0.6 is 0 Å². The Morgan fingerprint density at radius 1 is 1.28 bits per heavy atom. The molecule has 2 heterocycles. The standard InChI is InChI=1S/C17H23N5O3/c1-3-25-17(24)21-16-20-14-15(19-13(9-18-14)11(2)23)22(16)10-12-7-5-4-6-8-12/h9,12H,3-8,10H2,1-2H3,(H,18,20,21,24). The van der Waals surface area contributed by atoms with Gasteiger partial charge in [-0.2, -0.15) is 4.98 Å². The minimum atomic E-state index is -0.561. The van der Waals surface area contributed by atoms with Gasteiger partial charge in [0.2, 0.25) is 5.95 Å². The van der Waals surface area contributed by atoms with E-state index in [1.54, 1.807) is 6.92 Å². The third kappa shape index (κ3) is 3.94. The molecule has 1 amide bonds. The molecular formula is C17H23N5O3. The van der Waals surface area contributed by atoms with Gasteiger partial charge in [-0.3, -0.25) is 14.7 Å². The van der Waals surface area contributed by atoms with E-state index < -0.39 is 6.09 Å². The van der Waals surface area contributed by atoms with Gasteiger partial charge in [0.1, 0.15) is 5.69 Å². The van der Waals surface area contributed by atoms with E-state index in [-0.39, 0.29) is 12.4 Å². The minimum Gasteiger partial charge on any atom is -0.450 e. The van der Waals surface area contributed by atoms with E-state index in [9.17, 15) is 9.59 Å². The highest BCUT2D eigenvalue weighted by molar-refractivity contribution is 5.93. The number of carbonyl (C=O) groups is 2. The van der Waals surface area contributed by atoms with Crippen LogP contribution in [0.25, 0.3) is 11.3 Å². The molecule has 0 bridgehead atoms. The number of Topliss-reactive ketones (excluding diaryl/α,β-unsaturated/α-hetero) is 1. The summed E-state index contributed by atoms with van der Waals surface area (Å²) in [7, 11) is 0. The van der Waals surface area contributed by atoms with E-state index in [1.807, 2.05) is 4.57 Å². The Hall–Kier alpha value is -2.51. The molecule has 0 saturated heterocycles. The van der Waals surface area contributed by atoms with Gasteiger partial charge in [0.15, 0.2) is 17.1 Å². The van der Waals surface area contributed by atoms with Crippen molar-refractivity contribution in [3.8, 4) is 0 Å². The Labute approximate surface area is 146 Å². The summed E-state index contributed by atoms with van der Waals surface area (Å²) in [6.07, 6.45) is 6.82. The maximum absolute atomic E-state index is 11.8. The molecule has 0 spiro atoms. The van der Waals surface area contributed by atoms with Crippen molar-refractivity contribution in [1.82, 2.24) is 19.5 Å². The molecule has 0 aromatic carbocycles. The highest BCUT2D eigenvalue weighted by Gasteiger charge is 2.21. The van der Waals surface area contributed by atoms with Crippen molar-refractivity contribution in [2.24, 2.45) is 5.92 Å². The highest BCUT2D eigenvalue weighted by atomic mass is 16.5. The van der Waals surface area contributed by atoms with E-state index in [1.165, 1.54) is 32.4 Å². The summed E-state index contributed by atoms with van der Waals surface area (Å²) < 4.78 is 6.80. The predicted octanol–water partition coefficient (Wildman–Crippen LogP) is 3.18. The Morgan fingerprint density at radius 2 is 2.04 bits per heavy atom. The number of fused-ring (bicyclic) bond motifs is 1. The zero-order valence-corrected chi connectivity index (χ0v) is 14.6. The molecule has 0 unspecified atom stereocenters. The number of ether oxygens (including phenoxy) is 1. The van der Waals surface area contributed by atoms with Gasteiger partial charge < -0.3 is 4.74 Å². The van der Waals surface area contributed by atoms with Crippen molar-refractivity contribution in [3.05, 3.63) is 11.9 Å². The second-order valence-electron chi connectivity index (χ2n) is 6.35. The molecule has 8 heteroatoms. The number of aromatic nitrogens is 4. The van der Waals surface area contributed by atoms with E-state index in [4.69, 9.17) is 4.74 Å². The van der Waals surface area contributed by atoms with E-state index in [0.717, 1.165) is 12.8 Å². The topological polar surface area (TPSA) is 99.0 Å². The van der Waals surface area contributed by atoms with Gasteiger partial charge >= 0.3 is 6.09 Å². The first kappa shape index (κ1) is 17.3. The molecule has 1 aliphatic carbocycles. The molecule has 2 aromatic heterocycles. The smallest absolute Gasteiger partial charge is 0.413 e. The predicted molar refractivity (Wildman–Crippen MR) is 92.5 cm³/mol. The zero-order valence-electron chi connectivity index (χ0n) is 14.6. The number of hydrogen-bond acceptors (Lipinski definition) is 6. The molecule has 0 radical (unpaired) electrons. The van der Waals surface area contributed by atoms with Gasteiger partial charge in [-0.05, 0) is 25.7 Å². The van der Waals surface area contributed by atoms with Crippen LogP contribution in [0.4, 0.5) is 10.7 Å². The van der Waals surface area contributed by atoms with Crippen LogP contribution < -0.4 is 5.32 Å². The third-order valence-electron chi connectivity index (χ3n) is 4.47. The van der Waals surface area contributed by atoms with E-state index >= 15 is 0 Å². The maximum atomic E-state index is 11.8. The summed E-state index contributed by atoms with van der Waals surface area (Å²) in [5.41, 5.74) is 1.22. The minimum absolute atomic E-state index is 0.153. The number of hydrogen-bond donors (Lipinski definition) is 1. The van der Waals surface area contributed by atoms with Crippen LogP contribution in [-0.4, -0.2) is 38.0 Å². The highest BCUT2D eigenvalue weighted by Crippen LogP contribution is 2.28. The lowest BCUT2D eigenvalue weighted by molar-refractivity contribution is 0.101. The van der Waals surface area contributed by atoms with Crippen molar-refractivity contribution in [2.45, 2.75) is 52.5 Å².